The highest BCUT2D eigenvalue weighted by Gasteiger charge is 2.02. The quantitative estimate of drug-likeness (QED) is 0.585. The summed E-state index contributed by atoms with van der Waals surface area (Å²) in [4.78, 5) is 10.9. The summed E-state index contributed by atoms with van der Waals surface area (Å²) in [6.07, 6.45) is 2.41. The molecule has 3 nitrogen and oxygen atoms in total. The van der Waals surface area contributed by atoms with Gasteiger partial charge in [0.15, 0.2) is 11.9 Å². The number of rotatable bonds is 1. The van der Waals surface area contributed by atoms with E-state index in [0.29, 0.717) is 10.5 Å². The number of nitrogens with zero attached hydrogens (tertiary/aromatic N) is 1. The fourth-order valence-corrected chi connectivity index (χ4v) is 1.52. The number of carbonyl (C=O) groups is 1. The second-order valence-electron chi connectivity index (χ2n) is 1.82. The molecule has 0 radical (unpaired) electrons. The third kappa shape index (κ3) is 0.657. The third-order valence-corrected chi connectivity index (χ3v) is 2.16. The molecular weight excluding hydrogens is 150 g/mol. The lowest BCUT2D eigenvalue weighted by atomic mass is 10.5. The molecule has 10 heavy (non-hydrogen) atoms. The highest BCUT2D eigenvalue weighted by Crippen LogP contribution is 2.23. The Bertz CT molecular complexity index is 334. The van der Waals surface area contributed by atoms with Crippen LogP contribution in [0.25, 0.3) is 10.3 Å². The van der Waals surface area contributed by atoms with Gasteiger partial charge in [0.1, 0.15) is 0 Å². The van der Waals surface area contributed by atoms with Gasteiger partial charge in [-0.1, -0.05) is 5.16 Å². The van der Waals surface area contributed by atoms with E-state index in [4.69, 9.17) is 4.52 Å². The van der Waals surface area contributed by atoms with Crippen molar-refractivity contribution >= 4 is 27.9 Å². The monoisotopic (exact) mass is 153 g/mol. The Hall–Kier alpha value is -1.16. The molecule has 0 saturated heterocycles. The van der Waals surface area contributed by atoms with Gasteiger partial charge in [-0.2, -0.15) is 0 Å². The summed E-state index contributed by atoms with van der Waals surface area (Å²) < 4.78 is 5.72. The van der Waals surface area contributed by atoms with E-state index in [9.17, 15) is 4.79 Å². The fraction of sp³-hybridized carbons (Fsp3) is 0. The van der Waals surface area contributed by atoms with Crippen molar-refractivity contribution in [1.29, 1.82) is 0 Å². The van der Waals surface area contributed by atoms with Crippen LogP contribution in [0.15, 0.2) is 16.8 Å². The van der Waals surface area contributed by atoms with Crippen molar-refractivity contribution in [2.75, 3.05) is 0 Å². The molecule has 0 aliphatic carbocycles. The molecule has 50 valence electrons. The van der Waals surface area contributed by atoms with Gasteiger partial charge in [-0.15, -0.1) is 11.3 Å². The minimum atomic E-state index is 0.677. The van der Waals surface area contributed by atoms with Crippen molar-refractivity contribution < 1.29 is 9.32 Å². The van der Waals surface area contributed by atoms with Crippen molar-refractivity contribution in [3.63, 3.8) is 0 Å². The number of aromatic nitrogens is 1. The van der Waals surface area contributed by atoms with Crippen LogP contribution in [0.2, 0.25) is 0 Å². The lowest BCUT2D eigenvalue weighted by molar-refractivity contribution is 0.112. The van der Waals surface area contributed by atoms with Gasteiger partial charge in [0.05, 0.1) is 15.8 Å². The zero-order chi connectivity index (χ0) is 6.97. The molecule has 2 aromatic rings. The van der Waals surface area contributed by atoms with E-state index >= 15 is 0 Å². The smallest absolute Gasteiger partial charge is 0.178 e. The normalized spacial score (nSPS) is 10.4. The number of hydrogen-bond donors (Lipinski definition) is 0. The van der Waals surface area contributed by atoms with Crippen LogP contribution in [-0.2, 0) is 0 Å². The molecule has 0 saturated carbocycles. The van der Waals surface area contributed by atoms with E-state index in [1.54, 1.807) is 12.3 Å². The fourth-order valence-electron chi connectivity index (χ4n) is 0.757. The molecular formula is C6H3NO2S. The van der Waals surface area contributed by atoms with E-state index in [1.165, 1.54) is 11.3 Å². The van der Waals surface area contributed by atoms with Gasteiger partial charge in [-0.3, -0.25) is 4.79 Å². The maximum atomic E-state index is 10.2. The van der Waals surface area contributed by atoms with E-state index in [2.05, 4.69) is 5.16 Å². The number of aldehydes is 1. The predicted molar refractivity (Wildman–Crippen MR) is 37.3 cm³/mol. The molecule has 2 rings (SSSR count). The molecule has 0 bridgehead atoms. The van der Waals surface area contributed by atoms with Crippen molar-refractivity contribution in [2.24, 2.45) is 0 Å². The standard InChI is InChI=1S/C6H3NO2S/c8-3-4-1-5-6(10-4)2-7-9-5/h1-3H. The van der Waals surface area contributed by atoms with Gasteiger partial charge in [0.2, 0.25) is 0 Å². The summed E-state index contributed by atoms with van der Waals surface area (Å²) in [6.45, 7) is 0. The summed E-state index contributed by atoms with van der Waals surface area (Å²) in [5.41, 5.74) is 0.687. The Morgan fingerprint density at radius 3 is 3.30 bits per heavy atom. The zero-order valence-electron chi connectivity index (χ0n) is 4.90. The summed E-state index contributed by atoms with van der Waals surface area (Å²) in [6, 6.07) is 1.68. The Kier molecular flexibility index (Phi) is 1.07. The molecule has 0 spiro atoms. The lowest BCUT2D eigenvalue weighted by Crippen LogP contribution is -1.63. The number of thiophene rings is 1. The van der Waals surface area contributed by atoms with Crippen LogP contribution >= 0.6 is 11.3 Å². The minimum Gasteiger partial charge on any atom is -0.355 e. The SMILES string of the molecule is O=Cc1cc2oncc2s1. The molecule has 0 aliphatic heterocycles. The minimum absolute atomic E-state index is 0.677. The summed E-state index contributed by atoms with van der Waals surface area (Å²) in [7, 11) is 0. The largest absolute Gasteiger partial charge is 0.355 e. The molecule has 2 heterocycles. The number of hydrogen-bond acceptors (Lipinski definition) is 4. The van der Waals surface area contributed by atoms with E-state index < -0.39 is 0 Å². The average Bonchev–Trinajstić information content (AvgIpc) is 2.42. The van der Waals surface area contributed by atoms with Crippen LogP contribution in [0.4, 0.5) is 0 Å². The van der Waals surface area contributed by atoms with Crippen LogP contribution in [0.3, 0.4) is 0 Å². The van der Waals surface area contributed by atoms with E-state index in [-0.39, 0.29) is 0 Å². The van der Waals surface area contributed by atoms with Crippen molar-refractivity contribution in [3.8, 4) is 0 Å². The first-order chi connectivity index (χ1) is 4.90. The Morgan fingerprint density at radius 2 is 2.60 bits per heavy atom. The molecule has 0 aromatic carbocycles. The Morgan fingerprint density at radius 1 is 1.70 bits per heavy atom. The lowest BCUT2D eigenvalue weighted by Gasteiger charge is -1.69. The molecule has 0 N–H and O–H groups in total. The second-order valence-corrected chi connectivity index (χ2v) is 2.94. The van der Waals surface area contributed by atoms with Crippen molar-refractivity contribution in [1.82, 2.24) is 5.16 Å². The number of carbonyl (C=O) groups excluding carboxylic acids is 1. The molecule has 4 heteroatoms. The van der Waals surface area contributed by atoms with Crippen LogP contribution in [-0.4, -0.2) is 11.4 Å². The summed E-state index contributed by atoms with van der Waals surface area (Å²) in [5.74, 6) is 0. The van der Waals surface area contributed by atoms with Crippen molar-refractivity contribution in [2.45, 2.75) is 0 Å². The van der Waals surface area contributed by atoms with Crippen LogP contribution in [0.1, 0.15) is 9.67 Å². The Labute approximate surface area is 60.2 Å². The first-order valence-corrected chi connectivity index (χ1v) is 3.51. The van der Waals surface area contributed by atoms with E-state index in [1.807, 2.05) is 0 Å². The average molecular weight is 153 g/mol. The molecule has 0 atom stereocenters. The maximum absolute atomic E-state index is 10.2. The summed E-state index contributed by atoms with van der Waals surface area (Å²) in [5, 5.41) is 3.56. The number of fused-ring (bicyclic) bond motifs is 1. The van der Waals surface area contributed by atoms with Gasteiger partial charge < -0.3 is 4.52 Å². The van der Waals surface area contributed by atoms with Crippen LogP contribution in [0.5, 0.6) is 0 Å². The second kappa shape index (κ2) is 1.91. The topological polar surface area (TPSA) is 43.1 Å². The highest BCUT2D eigenvalue weighted by atomic mass is 32.1. The van der Waals surface area contributed by atoms with Gasteiger partial charge in [-0.05, 0) is 0 Å². The van der Waals surface area contributed by atoms with Crippen LogP contribution < -0.4 is 0 Å². The van der Waals surface area contributed by atoms with Gasteiger partial charge in [0.25, 0.3) is 0 Å². The van der Waals surface area contributed by atoms with Gasteiger partial charge in [0, 0.05) is 6.07 Å². The summed E-state index contributed by atoms with van der Waals surface area (Å²) >= 11 is 1.38. The maximum Gasteiger partial charge on any atom is 0.178 e. The van der Waals surface area contributed by atoms with Gasteiger partial charge in [-0.25, -0.2) is 0 Å². The Balaban J connectivity index is 2.78. The van der Waals surface area contributed by atoms with Gasteiger partial charge >= 0.3 is 0 Å². The highest BCUT2D eigenvalue weighted by molar-refractivity contribution is 7.20. The van der Waals surface area contributed by atoms with Crippen molar-refractivity contribution in [3.05, 3.63) is 17.1 Å². The molecule has 0 fully saturated rings. The molecule has 0 amide bonds. The first kappa shape index (κ1) is 5.61. The zero-order valence-corrected chi connectivity index (χ0v) is 5.72. The first-order valence-electron chi connectivity index (χ1n) is 2.69. The third-order valence-electron chi connectivity index (χ3n) is 1.18. The van der Waals surface area contributed by atoms with E-state index in [0.717, 1.165) is 11.0 Å². The van der Waals surface area contributed by atoms with Crippen LogP contribution in [0, 0.1) is 0 Å². The predicted octanol–water partition coefficient (Wildman–Crippen LogP) is 1.70. The molecule has 2 aromatic heterocycles. The molecule has 0 unspecified atom stereocenters. The molecule has 0 aliphatic rings.